The van der Waals surface area contributed by atoms with Crippen molar-refractivity contribution >= 4 is 30.7 Å². The zero-order valence-corrected chi connectivity index (χ0v) is 12.9. The molecule has 3 N–H and O–H groups in total. The lowest BCUT2D eigenvalue weighted by molar-refractivity contribution is -0.123. The molecule has 0 saturated heterocycles. The maximum absolute atomic E-state index is 11.7. The average molecular weight is 330 g/mol. The largest absolute Gasteiger partial charge is 0.350 e. The predicted molar refractivity (Wildman–Crippen MR) is 83.9 cm³/mol. The summed E-state index contributed by atoms with van der Waals surface area (Å²) in [5.74, 6) is -0.0622. The van der Waals surface area contributed by atoms with Gasteiger partial charge in [0.2, 0.25) is 5.91 Å². The van der Waals surface area contributed by atoms with Gasteiger partial charge in [0, 0.05) is 6.54 Å². The first-order chi connectivity index (χ1) is 9.17. The first kappa shape index (κ1) is 17.4. The highest BCUT2D eigenvalue weighted by molar-refractivity contribution is 5.88. The van der Waals surface area contributed by atoms with E-state index in [2.05, 4.69) is 15.4 Å². The summed E-state index contributed by atoms with van der Waals surface area (Å²) >= 11 is 0. The summed E-state index contributed by atoms with van der Waals surface area (Å²) in [6.07, 6.45) is 4.70. The van der Waals surface area contributed by atoms with Crippen LogP contribution in [0.25, 0.3) is 5.69 Å². The van der Waals surface area contributed by atoms with Crippen LogP contribution in [0.3, 0.4) is 0 Å². The lowest BCUT2D eigenvalue weighted by atomic mass is 10.2. The van der Waals surface area contributed by atoms with Crippen LogP contribution in [0.2, 0.25) is 0 Å². The number of carbonyl (C=O) groups is 1. The van der Waals surface area contributed by atoms with Gasteiger partial charge in [0.25, 0.3) is 0 Å². The third kappa shape index (κ3) is 3.93. The summed E-state index contributed by atoms with van der Waals surface area (Å²) in [7, 11) is 0. The summed E-state index contributed by atoms with van der Waals surface area (Å²) in [5.41, 5.74) is 7.17. The van der Waals surface area contributed by atoms with Gasteiger partial charge in [-0.1, -0.05) is 12.1 Å². The first-order valence-electron chi connectivity index (χ1n) is 6.18. The third-order valence-electron chi connectivity index (χ3n) is 3.31. The number of hydrogen-bond acceptors (Lipinski definition) is 4. The van der Waals surface area contributed by atoms with E-state index < -0.39 is 5.54 Å². The number of carbonyl (C=O) groups excluding carboxylic acids is 1. The van der Waals surface area contributed by atoms with Crippen LogP contribution in [0, 0.1) is 0 Å². The Balaban J connectivity index is 0.00000110. The van der Waals surface area contributed by atoms with E-state index in [1.54, 1.807) is 11.0 Å². The average Bonchev–Trinajstić information content (AvgIpc) is 2.97. The van der Waals surface area contributed by atoms with Gasteiger partial charge in [-0.05, 0) is 30.5 Å². The number of benzene rings is 1. The van der Waals surface area contributed by atoms with Crippen molar-refractivity contribution in [1.82, 2.24) is 20.1 Å². The summed E-state index contributed by atoms with van der Waals surface area (Å²) in [6.45, 7) is 0.495. The van der Waals surface area contributed by atoms with E-state index in [1.807, 2.05) is 24.3 Å². The van der Waals surface area contributed by atoms with Crippen molar-refractivity contribution in [3.8, 4) is 5.69 Å². The van der Waals surface area contributed by atoms with Crippen molar-refractivity contribution in [2.45, 2.75) is 24.9 Å². The molecular formula is C13H17Cl2N5O. The van der Waals surface area contributed by atoms with Gasteiger partial charge in [0.15, 0.2) is 0 Å². The highest BCUT2D eigenvalue weighted by Gasteiger charge is 2.45. The zero-order valence-electron chi connectivity index (χ0n) is 11.2. The normalized spacial score (nSPS) is 14.5. The SMILES string of the molecule is Cl.Cl.NC1(C(=O)NCc2ccc(-n3cncn3)cc2)CC1. The van der Waals surface area contributed by atoms with E-state index in [0.717, 1.165) is 24.1 Å². The van der Waals surface area contributed by atoms with Gasteiger partial charge < -0.3 is 11.1 Å². The summed E-state index contributed by atoms with van der Waals surface area (Å²) in [6, 6.07) is 7.78. The number of nitrogens with one attached hydrogen (secondary N) is 1. The molecule has 1 aromatic carbocycles. The molecule has 8 heteroatoms. The van der Waals surface area contributed by atoms with Crippen molar-refractivity contribution in [3.05, 3.63) is 42.5 Å². The molecule has 0 radical (unpaired) electrons. The van der Waals surface area contributed by atoms with Gasteiger partial charge in [-0.3, -0.25) is 4.79 Å². The van der Waals surface area contributed by atoms with Crippen LogP contribution in [-0.2, 0) is 11.3 Å². The standard InChI is InChI=1S/C13H15N5O.2ClH/c14-13(5-6-13)12(19)16-7-10-1-3-11(4-2-10)18-9-15-8-17-18;;/h1-4,8-9H,5-7,14H2,(H,16,19);2*1H. The van der Waals surface area contributed by atoms with Crippen molar-refractivity contribution in [2.24, 2.45) is 5.73 Å². The zero-order chi connectivity index (χ0) is 13.3. The van der Waals surface area contributed by atoms with Gasteiger partial charge in [-0.15, -0.1) is 24.8 Å². The number of nitrogens with two attached hydrogens (primary N) is 1. The van der Waals surface area contributed by atoms with Gasteiger partial charge in [0.1, 0.15) is 12.7 Å². The van der Waals surface area contributed by atoms with E-state index in [9.17, 15) is 4.79 Å². The second kappa shape index (κ2) is 6.89. The molecule has 114 valence electrons. The molecule has 1 fully saturated rings. The quantitative estimate of drug-likeness (QED) is 0.883. The minimum atomic E-state index is -0.610. The van der Waals surface area contributed by atoms with E-state index in [4.69, 9.17) is 5.73 Å². The first-order valence-corrected chi connectivity index (χ1v) is 6.18. The number of nitrogens with zero attached hydrogens (tertiary/aromatic N) is 3. The fourth-order valence-electron chi connectivity index (χ4n) is 1.83. The second-order valence-electron chi connectivity index (χ2n) is 4.85. The minimum Gasteiger partial charge on any atom is -0.350 e. The molecule has 1 heterocycles. The Hall–Kier alpha value is -1.63. The fraction of sp³-hybridized carbons (Fsp3) is 0.308. The Bertz CT molecular complexity index is 581. The Labute approximate surface area is 134 Å². The molecule has 2 aromatic rings. The summed E-state index contributed by atoms with van der Waals surface area (Å²) in [5, 5.41) is 6.91. The molecule has 0 bridgehead atoms. The number of hydrogen-bond donors (Lipinski definition) is 2. The van der Waals surface area contributed by atoms with Gasteiger partial charge >= 0.3 is 0 Å². The molecular weight excluding hydrogens is 313 g/mol. The number of aromatic nitrogens is 3. The maximum Gasteiger partial charge on any atom is 0.240 e. The minimum absolute atomic E-state index is 0. The maximum atomic E-state index is 11.7. The number of rotatable bonds is 4. The van der Waals surface area contributed by atoms with Crippen LogP contribution >= 0.6 is 24.8 Å². The van der Waals surface area contributed by atoms with Crippen LogP contribution in [0.5, 0.6) is 0 Å². The van der Waals surface area contributed by atoms with Crippen LogP contribution in [0.1, 0.15) is 18.4 Å². The van der Waals surface area contributed by atoms with Gasteiger partial charge in [0.05, 0.1) is 11.2 Å². The Morgan fingerprint density at radius 2 is 1.95 bits per heavy atom. The third-order valence-corrected chi connectivity index (χ3v) is 3.31. The van der Waals surface area contributed by atoms with E-state index in [0.29, 0.717) is 6.54 Å². The Morgan fingerprint density at radius 3 is 2.48 bits per heavy atom. The molecule has 3 rings (SSSR count). The van der Waals surface area contributed by atoms with E-state index in [-0.39, 0.29) is 30.7 Å². The van der Waals surface area contributed by atoms with E-state index >= 15 is 0 Å². The molecule has 1 aliphatic rings. The highest BCUT2D eigenvalue weighted by atomic mass is 35.5. The molecule has 1 amide bonds. The molecule has 0 spiro atoms. The van der Waals surface area contributed by atoms with Crippen molar-refractivity contribution in [2.75, 3.05) is 0 Å². The topological polar surface area (TPSA) is 85.8 Å². The predicted octanol–water partition coefficient (Wildman–Crippen LogP) is 1.22. The Morgan fingerprint density at radius 1 is 1.29 bits per heavy atom. The van der Waals surface area contributed by atoms with Gasteiger partial charge in [-0.25, -0.2) is 9.67 Å². The lowest BCUT2D eigenvalue weighted by Crippen LogP contribution is -2.42. The molecule has 0 unspecified atom stereocenters. The Kier molecular flexibility index (Phi) is 5.71. The van der Waals surface area contributed by atoms with Crippen molar-refractivity contribution in [1.29, 1.82) is 0 Å². The van der Waals surface area contributed by atoms with Gasteiger partial charge in [-0.2, -0.15) is 5.10 Å². The smallest absolute Gasteiger partial charge is 0.240 e. The molecule has 21 heavy (non-hydrogen) atoms. The van der Waals surface area contributed by atoms with Crippen LogP contribution in [0.4, 0.5) is 0 Å². The molecule has 6 nitrogen and oxygen atoms in total. The summed E-state index contributed by atoms with van der Waals surface area (Å²) in [4.78, 5) is 15.6. The summed E-state index contributed by atoms with van der Waals surface area (Å²) < 4.78 is 1.68. The molecule has 0 aliphatic heterocycles. The molecule has 0 atom stereocenters. The van der Waals surface area contributed by atoms with Crippen molar-refractivity contribution < 1.29 is 4.79 Å². The number of halogens is 2. The van der Waals surface area contributed by atoms with Crippen molar-refractivity contribution in [3.63, 3.8) is 0 Å². The molecule has 1 aliphatic carbocycles. The van der Waals surface area contributed by atoms with Crippen LogP contribution in [-0.4, -0.2) is 26.2 Å². The molecule has 1 saturated carbocycles. The highest BCUT2D eigenvalue weighted by Crippen LogP contribution is 2.32. The number of amides is 1. The van der Waals surface area contributed by atoms with E-state index in [1.165, 1.54) is 6.33 Å². The molecule has 1 aromatic heterocycles. The van der Waals surface area contributed by atoms with Crippen LogP contribution in [0.15, 0.2) is 36.9 Å². The fourth-order valence-corrected chi connectivity index (χ4v) is 1.83. The van der Waals surface area contributed by atoms with Crippen LogP contribution < -0.4 is 11.1 Å². The lowest BCUT2D eigenvalue weighted by Gasteiger charge is -2.10. The second-order valence-corrected chi connectivity index (χ2v) is 4.85. The monoisotopic (exact) mass is 329 g/mol.